The Hall–Kier alpha value is -2.20. The third kappa shape index (κ3) is 3.83. The lowest BCUT2D eigenvalue weighted by molar-refractivity contribution is -0.137. The van der Waals surface area contributed by atoms with Gasteiger partial charge in [-0.15, -0.1) is 0 Å². The van der Waals surface area contributed by atoms with Gasteiger partial charge in [0, 0.05) is 37.3 Å². The Labute approximate surface area is 168 Å². The molecule has 0 radical (unpaired) electrons. The fraction of sp³-hybridized carbons (Fsp3) is 0.500. The van der Waals surface area contributed by atoms with Gasteiger partial charge in [0.05, 0.1) is 5.69 Å². The minimum Gasteiger partial charge on any atom is -0.336 e. The van der Waals surface area contributed by atoms with Crippen LogP contribution in [-0.4, -0.2) is 39.3 Å². The number of hydrogen-bond donors (Lipinski definition) is 0. The Kier molecular flexibility index (Phi) is 5.49. The smallest absolute Gasteiger partial charge is 0.225 e. The molecule has 1 atom stereocenters. The number of pyridine rings is 1. The number of nitrogens with zero attached hydrogens (tertiary/aromatic N) is 3. The highest BCUT2D eigenvalue weighted by Gasteiger charge is 2.43. The highest BCUT2D eigenvalue weighted by atomic mass is 16.2. The molecule has 0 saturated carbocycles. The summed E-state index contributed by atoms with van der Waals surface area (Å²) >= 11 is 0. The normalized spacial score (nSPS) is 22.9. The van der Waals surface area contributed by atoms with Crippen molar-refractivity contribution >= 4 is 5.91 Å². The number of likely N-dealkylation sites (tertiary alicyclic amines) is 1. The van der Waals surface area contributed by atoms with E-state index in [1.54, 1.807) is 0 Å². The zero-order chi connectivity index (χ0) is 19.6. The largest absolute Gasteiger partial charge is 0.336 e. The summed E-state index contributed by atoms with van der Waals surface area (Å²) in [5.41, 5.74) is 3.81. The molecule has 0 N–H and O–H groups in total. The van der Waals surface area contributed by atoms with Gasteiger partial charge in [0.2, 0.25) is 5.91 Å². The van der Waals surface area contributed by atoms with Gasteiger partial charge in [-0.05, 0) is 49.1 Å². The van der Waals surface area contributed by atoms with Gasteiger partial charge in [0.15, 0.2) is 0 Å². The molecule has 0 aliphatic carbocycles. The van der Waals surface area contributed by atoms with E-state index >= 15 is 0 Å². The number of carbonyl (C=O) groups excluding carboxylic acids is 1. The SMILES string of the molecule is CC(C)C(=O)N1Cc2ccccc2CC2(CCCCN2Cc2ccccn2)C1. The van der Waals surface area contributed by atoms with Crippen molar-refractivity contribution in [1.29, 1.82) is 0 Å². The fourth-order valence-electron chi connectivity index (χ4n) is 4.90. The maximum atomic E-state index is 13.0. The van der Waals surface area contributed by atoms with E-state index in [2.05, 4.69) is 51.2 Å². The minimum atomic E-state index is -0.00702. The van der Waals surface area contributed by atoms with Crippen LogP contribution < -0.4 is 0 Å². The Morgan fingerprint density at radius 3 is 2.64 bits per heavy atom. The van der Waals surface area contributed by atoms with Crippen molar-refractivity contribution < 1.29 is 4.79 Å². The molecule has 1 amide bonds. The third-order valence-corrected chi connectivity index (χ3v) is 6.36. The van der Waals surface area contributed by atoms with Crippen molar-refractivity contribution in [2.45, 2.75) is 58.2 Å². The minimum absolute atomic E-state index is 0.00702. The number of fused-ring (bicyclic) bond motifs is 1. The summed E-state index contributed by atoms with van der Waals surface area (Å²) in [7, 11) is 0. The second-order valence-electron chi connectivity index (χ2n) is 8.72. The standard InChI is InChI=1S/C24H31N3O/c1-19(2)23(28)26-16-21-10-4-3-9-20(21)15-24(18-26)12-6-8-14-27(24)17-22-11-5-7-13-25-22/h3-5,7,9-11,13,19H,6,8,12,14-18H2,1-2H3. The number of amides is 1. The van der Waals surface area contributed by atoms with Crippen LogP contribution in [0.4, 0.5) is 0 Å². The maximum absolute atomic E-state index is 13.0. The number of benzene rings is 1. The average molecular weight is 378 g/mol. The van der Waals surface area contributed by atoms with E-state index in [0.717, 1.165) is 44.7 Å². The molecule has 4 rings (SSSR count). The Morgan fingerprint density at radius 2 is 1.89 bits per heavy atom. The fourth-order valence-corrected chi connectivity index (χ4v) is 4.90. The molecule has 3 heterocycles. The maximum Gasteiger partial charge on any atom is 0.225 e. The predicted molar refractivity (Wildman–Crippen MR) is 112 cm³/mol. The van der Waals surface area contributed by atoms with Crippen LogP contribution in [0.25, 0.3) is 0 Å². The Morgan fingerprint density at radius 1 is 1.11 bits per heavy atom. The van der Waals surface area contributed by atoms with Crippen molar-refractivity contribution in [1.82, 2.24) is 14.8 Å². The van der Waals surface area contributed by atoms with Crippen molar-refractivity contribution in [3.63, 3.8) is 0 Å². The van der Waals surface area contributed by atoms with Gasteiger partial charge in [-0.25, -0.2) is 0 Å². The van der Waals surface area contributed by atoms with Gasteiger partial charge in [-0.1, -0.05) is 50.6 Å². The van der Waals surface area contributed by atoms with Crippen LogP contribution in [0, 0.1) is 5.92 Å². The lowest BCUT2D eigenvalue weighted by Crippen LogP contribution is -2.59. The monoisotopic (exact) mass is 377 g/mol. The highest BCUT2D eigenvalue weighted by molar-refractivity contribution is 5.78. The summed E-state index contributed by atoms with van der Waals surface area (Å²) in [6, 6.07) is 14.8. The Bertz CT molecular complexity index is 820. The molecule has 4 nitrogen and oxygen atoms in total. The van der Waals surface area contributed by atoms with E-state index in [-0.39, 0.29) is 17.4 Å². The number of aromatic nitrogens is 1. The predicted octanol–water partition coefficient (Wildman–Crippen LogP) is 4.05. The summed E-state index contributed by atoms with van der Waals surface area (Å²) in [6.45, 7) is 7.49. The second kappa shape index (κ2) is 8.04. The summed E-state index contributed by atoms with van der Waals surface area (Å²) in [4.78, 5) is 22.4. The zero-order valence-electron chi connectivity index (χ0n) is 17.1. The molecule has 148 valence electrons. The first-order valence-electron chi connectivity index (χ1n) is 10.6. The van der Waals surface area contributed by atoms with E-state index in [0.29, 0.717) is 0 Å². The number of piperidine rings is 1. The van der Waals surface area contributed by atoms with Crippen LogP contribution in [0.1, 0.15) is 49.9 Å². The molecule has 4 heteroatoms. The van der Waals surface area contributed by atoms with Gasteiger partial charge in [-0.2, -0.15) is 0 Å². The molecule has 1 unspecified atom stereocenters. The topological polar surface area (TPSA) is 36.4 Å². The molecule has 1 aromatic heterocycles. The van der Waals surface area contributed by atoms with Crippen molar-refractivity contribution in [2.75, 3.05) is 13.1 Å². The first kappa shape index (κ1) is 19.1. The average Bonchev–Trinajstić information content (AvgIpc) is 2.87. The van der Waals surface area contributed by atoms with Gasteiger partial charge in [0.25, 0.3) is 0 Å². The number of carbonyl (C=O) groups is 1. The molecule has 28 heavy (non-hydrogen) atoms. The van der Waals surface area contributed by atoms with E-state index in [1.807, 2.05) is 26.1 Å². The third-order valence-electron chi connectivity index (χ3n) is 6.36. The van der Waals surface area contributed by atoms with E-state index in [9.17, 15) is 4.79 Å². The molecule has 1 fully saturated rings. The molecular weight excluding hydrogens is 346 g/mol. The highest BCUT2D eigenvalue weighted by Crippen LogP contribution is 2.37. The van der Waals surface area contributed by atoms with E-state index in [1.165, 1.54) is 24.0 Å². The molecular formula is C24H31N3O. The van der Waals surface area contributed by atoms with Crippen molar-refractivity contribution in [2.24, 2.45) is 5.92 Å². The molecule has 2 aromatic rings. The van der Waals surface area contributed by atoms with Crippen LogP contribution in [-0.2, 0) is 24.3 Å². The van der Waals surface area contributed by atoms with Gasteiger partial charge in [-0.3, -0.25) is 14.7 Å². The second-order valence-corrected chi connectivity index (χ2v) is 8.72. The van der Waals surface area contributed by atoms with Crippen molar-refractivity contribution in [3.05, 3.63) is 65.5 Å². The Balaban J connectivity index is 1.71. The van der Waals surface area contributed by atoms with Crippen molar-refractivity contribution in [3.8, 4) is 0 Å². The van der Waals surface area contributed by atoms with E-state index < -0.39 is 0 Å². The molecule has 2 aliphatic rings. The molecule has 2 aliphatic heterocycles. The molecule has 1 spiro atoms. The van der Waals surface area contributed by atoms with Crippen LogP contribution in [0.2, 0.25) is 0 Å². The summed E-state index contributed by atoms with van der Waals surface area (Å²) < 4.78 is 0. The van der Waals surface area contributed by atoms with Crippen LogP contribution in [0.3, 0.4) is 0 Å². The molecule has 1 aromatic carbocycles. The quantitative estimate of drug-likeness (QED) is 0.810. The summed E-state index contributed by atoms with van der Waals surface area (Å²) in [6.07, 6.45) is 6.47. The lowest BCUT2D eigenvalue weighted by atomic mass is 9.80. The van der Waals surface area contributed by atoms with Crippen LogP contribution in [0.5, 0.6) is 0 Å². The number of rotatable bonds is 3. The molecule has 0 bridgehead atoms. The van der Waals surface area contributed by atoms with E-state index in [4.69, 9.17) is 0 Å². The van der Waals surface area contributed by atoms with Gasteiger partial charge in [0.1, 0.15) is 0 Å². The number of hydrogen-bond acceptors (Lipinski definition) is 3. The van der Waals surface area contributed by atoms with Gasteiger partial charge < -0.3 is 4.90 Å². The summed E-state index contributed by atoms with van der Waals surface area (Å²) in [5, 5.41) is 0. The first-order chi connectivity index (χ1) is 13.6. The zero-order valence-corrected chi connectivity index (χ0v) is 17.1. The van der Waals surface area contributed by atoms with Gasteiger partial charge >= 0.3 is 0 Å². The lowest BCUT2D eigenvalue weighted by Gasteiger charge is -2.48. The van der Waals surface area contributed by atoms with Crippen LogP contribution in [0.15, 0.2) is 48.7 Å². The first-order valence-corrected chi connectivity index (χ1v) is 10.6. The summed E-state index contributed by atoms with van der Waals surface area (Å²) in [5.74, 6) is 0.287. The molecule has 1 saturated heterocycles. The van der Waals surface area contributed by atoms with Crippen LogP contribution >= 0.6 is 0 Å².